The molecule has 4 N–H and O–H groups in total. The van der Waals surface area contributed by atoms with Crippen molar-refractivity contribution in [2.24, 2.45) is 5.73 Å². The summed E-state index contributed by atoms with van der Waals surface area (Å²) < 4.78 is 31.0. The number of methoxy groups -OCH3 is 1. The number of benzene rings is 1. The molecule has 0 saturated carbocycles. The number of nitrogens with two attached hydrogens (primary N) is 1. The van der Waals surface area contributed by atoms with Crippen LogP contribution in [0.2, 0.25) is 0 Å². The van der Waals surface area contributed by atoms with Crippen molar-refractivity contribution in [1.82, 2.24) is 10.0 Å². The normalized spacial score (nSPS) is 12.2. The third-order valence-corrected chi connectivity index (χ3v) is 4.59. The van der Waals surface area contributed by atoms with Gasteiger partial charge in [-0.25, -0.2) is 8.42 Å². The maximum absolute atomic E-state index is 12.2. The minimum absolute atomic E-state index is 0.0176. The summed E-state index contributed by atoms with van der Waals surface area (Å²) in [5.41, 5.74) is 5.25. The summed E-state index contributed by atoms with van der Waals surface area (Å²) in [6.07, 6.45) is -0.0176. The first kappa shape index (κ1) is 19.6. The molecule has 0 heterocycles. The van der Waals surface area contributed by atoms with E-state index in [0.717, 1.165) is 0 Å². The van der Waals surface area contributed by atoms with Crippen LogP contribution in [-0.2, 0) is 24.3 Å². The fourth-order valence-electron chi connectivity index (χ4n) is 1.70. The SMILES string of the molecule is COC(=O)CCNC(=O)C(C)NS(=O)(=O)c1ccc(C(N)=O)cc1. The van der Waals surface area contributed by atoms with E-state index in [2.05, 4.69) is 14.8 Å². The zero-order valence-electron chi connectivity index (χ0n) is 13.2. The van der Waals surface area contributed by atoms with E-state index in [1.807, 2.05) is 0 Å². The molecule has 1 aromatic carbocycles. The van der Waals surface area contributed by atoms with Crippen molar-refractivity contribution in [1.29, 1.82) is 0 Å². The van der Waals surface area contributed by atoms with Crippen LogP contribution in [0.5, 0.6) is 0 Å². The number of rotatable bonds is 8. The van der Waals surface area contributed by atoms with E-state index in [1.165, 1.54) is 38.3 Å². The topological polar surface area (TPSA) is 145 Å². The van der Waals surface area contributed by atoms with E-state index in [9.17, 15) is 22.8 Å². The number of carbonyl (C=O) groups excluding carboxylic acids is 3. The van der Waals surface area contributed by atoms with Crippen molar-refractivity contribution in [3.63, 3.8) is 0 Å². The minimum atomic E-state index is -3.95. The second-order valence-electron chi connectivity index (χ2n) is 4.85. The van der Waals surface area contributed by atoms with Gasteiger partial charge in [-0.05, 0) is 31.2 Å². The van der Waals surface area contributed by atoms with Gasteiger partial charge in [-0.3, -0.25) is 14.4 Å². The Bertz CT molecular complexity index is 715. The number of esters is 1. The van der Waals surface area contributed by atoms with Crippen LogP contribution in [0.15, 0.2) is 29.2 Å². The van der Waals surface area contributed by atoms with Crippen LogP contribution in [-0.4, -0.2) is 45.9 Å². The molecule has 1 aromatic rings. The Morgan fingerprint density at radius 2 is 1.79 bits per heavy atom. The summed E-state index contributed by atoms with van der Waals surface area (Å²) in [5.74, 6) is -1.75. The lowest BCUT2D eigenvalue weighted by atomic mass is 10.2. The third-order valence-electron chi connectivity index (χ3n) is 3.03. The predicted octanol–water partition coefficient (Wildman–Crippen LogP) is -0.868. The molecule has 0 aliphatic carbocycles. The molecule has 1 rings (SSSR count). The lowest BCUT2D eigenvalue weighted by Gasteiger charge is -2.14. The Balaban J connectivity index is 2.66. The number of hydrogen-bond acceptors (Lipinski definition) is 6. The monoisotopic (exact) mass is 357 g/mol. The maximum Gasteiger partial charge on any atom is 0.307 e. The van der Waals surface area contributed by atoms with Crippen LogP contribution in [0.4, 0.5) is 0 Å². The van der Waals surface area contributed by atoms with Gasteiger partial charge in [0.2, 0.25) is 21.8 Å². The molecule has 0 aromatic heterocycles. The first-order valence-corrected chi connectivity index (χ1v) is 8.42. The lowest BCUT2D eigenvalue weighted by Crippen LogP contribution is -2.45. The van der Waals surface area contributed by atoms with Gasteiger partial charge >= 0.3 is 5.97 Å². The van der Waals surface area contributed by atoms with Gasteiger partial charge in [0.1, 0.15) is 0 Å². The lowest BCUT2D eigenvalue weighted by molar-refractivity contribution is -0.140. The number of hydrogen-bond donors (Lipinski definition) is 3. The number of primary amides is 1. The van der Waals surface area contributed by atoms with Crippen LogP contribution >= 0.6 is 0 Å². The van der Waals surface area contributed by atoms with Crippen LogP contribution in [0.1, 0.15) is 23.7 Å². The van der Waals surface area contributed by atoms with E-state index in [0.29, 0.717) is 0 Å². The van der Waals surface area contributed by atoms with E-state index >= 15 is 0 Å². The molecule has 24 heavy (non-hydrogen) atoms. The number of nitrogens with one attached hydrogen (secondary N) is 2. The average molecular weight is 357 g/mol. The molecule has 2 amide bonds. The van der Waals surface area contributed by atoms with Crippen molar-refractivity contribution in [3.8, 4) is 0 Å². The molecule has 0 aliphatic heterocycles. The highest BCUT2D eigenvalue weighted by Crippen LogP contribution is 2.11. The highest BCUT2D eigenvalue weighted by Gasteiger charge is 2.22. The van der Waals surface area contributed by atoms with Gasteiger partial charge in [0.25, 0.3) is 0 Å². The Hall–Kier alpha value is -2.46. The molecule has 0 spiro atoms. The fourth-order valence-corrected chi connectivity index (χ4v) is 2.90. The molecule has 0 radical (unpaired) electrons. The Labute approximate surface area is 139 Å². The molecule has 0 saturated heterocycles. The van der Waals surface area contributed by atoms with Gasteiger partial charge < -0.3 is 15.8 Å². The van der Waals surface area contributed by atoms with Crippen LogP contribution in [0.25, 0.3) is 0 Å². The third kappa shape index (κ3) is 5.63. The van der Waals surface area contributed by atoms with Gasteiger partial charge in [-0.2, -0.15) is 4.72 Å². The van der Waals surface area contributed by atoms with Gasteiger partial charge in [0.15, 0.2) is 0 Å². The van der Waals surface area contributed by atoms with Gasteiger partial charge in [-0.1, -0.05) is 0 Å². The van der Waals surface area contributed by atoms with Crippen molar-refractivity contribution in [3.05, 3.63) is 29.8 Å². The Morgan fingerprint density at radius 3 is 2.29 bits per heavy atom. The minimum Gasteiger partial charge on any atom is -0.469 e. The highest BCUT2D eigenvalue weighted by molar-refractivity contribution is 7.89. The molecule has 0 aliphatic rings. The molecule has 9 nitrogen and oxygen atoms in total. The number of carbonyl (C=O) groups is 3. The fraction of sp³-hybridized carbons (Fsp3) is 0.357. The van der Waals surface area contributed by atoms with Crippen molar-refractivity contribution >= 4 is 27.8 Å². The summed E-state index contributed by atoms with van der Waals surface area (Å²) in [6.45, 7) is 1.40. The summed E-state index contributed by atoms with van der Waals surface area (Å²) in [4.78, 5) is 33.6. The van der Waals surface area contributed by atoms with Gasteiger partial charge in [-0.15, -0.1) is 0 Å². The zero-order valence-corrected chi connectivity index (χ0v) is 14.1. The van der Waals surface area contributed by atoms with Crippen LogP contribution in [0, 0.1) is 0 Å². The molecular weight excluding hydrogens is 338 g/mol. The molecule has 0 bridgehead atoms. The molecule has 1 unspecified atom stereocenters. The number of sulfonamides is 1. The standard InChI is InChI=1S/C14H19N3O6S/c1-9(14(20)16-8-7-12(18)23-2)17-24(21,22)11-5-3-10(4-6-11)13(15)19/h3-6,9,17H,7-8H2,1-2H3,(H2,15,19)(H,16,20). The first-order valence-electron chi connectivity index (χ1n) is 6.94. The Morgan fingerprint density at radius 1 is 1.21 bits per heavy atom. The quantitative estimate of drug-likeness (QED) is 0.516. The number of amides is 2. The van der Waals surface area contributed by atoms with Crippen molar-refractivity contribution < 1.29 is 27.5 Å². The smallest absolute Gasteiger partial charge is 0.307 e. The second kappa shape index (κ2) is 8.41. The zero-order chi connectivity index (χ0) is 18.3. The molecule has 132 valence electrons. The number of ether oxygens (including phenoxy) is 1. The Kier molecular flexibility index (Phi) is 6.86. The molecule has 10 heteroatoms. The van der Waals surface area contributed by atoms with Crippen LogP contribution < -0.4 is 15.8 Å². The second-order valence-corrected chi connectivity index (χ2v) is 6.56. The molecule has 0 fully saturated rings. The summed E-state index contributed by atoms with van der Waals surface area (Å²) in [6, 6.07) is 3.92. The van der Waals surface area contributed by atoms with Gasteiger partial charge in [0.05, 0.1) is 24.5 Å². The van der Waals surface area contributed by atoms with E-state index in [4.69, 9.17) is 5.73 Å². The van der Waals surface area contributed by atoms with Gasteiger partial charge in [0, 0.05) is 12.1 Å². The molecule has 1 atom stereocenters. The largest absolute Gasteiger partial charge is 0.469 e. The summed E-state index contributed by atoms with van der Waals surface area (Å²) in [5, 5.41) is 2.42. The average Bonchev–Trinajstić information content (AvgIpc) is 2.54. The van der Waals surface area contributed by atoms with Crippen molar-refractivity contribution in [2.75, 3.05) is 13.7 Å². The molecular formula is C14H19N3O6S. The first-order chi connectivity index (χ1) is 11.2. The summed E-state index contributed by atoms with van der Waals surface area (Å²) >= 11 is 0. The van der Waals surface area contributed by atoms with E-state index < -0.39 is 33.8 Å². The van der Waals surface area contributed by atoms with Crippen molar-refractivity contribution in [2.45, 2.75) is 24.3 Å². The highest BCUT2D eigenvalue weighted by atomic mass is 32.2. The van der Waals surface area contributed by atoms with E-state index in [-0.39, 0.29) is 23.4 Å². The predicted molar refractivity (Wildman–Crippen MR) is 84.4 cm³/mol. The maximum atomic E-state index is 12.2. The summed E-state index contributed by atoms with van der Waals surface area (Å²) in [7, 11) is -2.72. The van der Waals surface area contributed by atoms with Crippen LogP contribution in [0.3, 0.4) is 0 Å². The van der Waals surface area contributed by atoms with E-state index in [1.54, 1.807) is 0 Å².